The van der Waals surface area contributed by atoms with Crippen LogP contribution in [-0.4, -0.2) is 17.9 Å². The minimum absolute atomic E-state index is 0.130. The molecule has 0 radical (unpaired) electrons. The van der Waals surface area contributed by atoms with Gasteiger partial charge in [0.15, 0.2) is 0 Å². The molecule has 2 aromatic rings. The summed E-state index contributed by atoms with van der Waals surface area (Å²) in [6, 6.07) is 12.4. The number of hydrogen-bond donors (Lipinski definition) is 1. The van der Waals surface area contributed by atoms with E-state index in [0.29, 0.717) is 12.1 Å². The van der Waals surface area contributed by atoms with E-state index in [0.717, 1.165) is 10.4 Å². The van der Waals surface area contributed by atoms with E-state index in [9.17, 15) is 4.79 Å². The van der Waals surface area contributed by atoms with Crippen molar-refractivity contribution < 1.29 is 4.79 Å². The van der Waals surface area contributed by atoms with Crippen molar-refractivity contribution in [3.05, 3.63) is 57.8 Å². The molecule has 0 spiro atoms. The third kappa shape index (κ3) is 3.23. The molecule has 0 saturated heterocycles. The van der Waals surface area contributed by atoms with Gasteiger partial charge in [-0.15, -0.1) is 11.3 Å². The van der Waals surface area contributed by atoms with Crippen LogP contribution in [0, 0.1) is 11.3 Å². The molecular formula is C15H15N3OS. The first kappa shape index (κ1) is 14.3. The van der Waals surface area contributed by atoms with Gasteiger partial charge in [0.1, 0.15) is 6.04 Å². The fraction of sp³-hybridized carbons (Fsp3) is 0.200. The summed E-state index contributed by atoms with van der Waals surface area (Å²) in [5, 5.41) is 10.8. The minimum Gasteiger partial charge on any atom is -0.340 e. The van der Waals surface area contributed by atoms with Crippen molar-refractivity contribution in [2.75, 3.05) is 7.05 Å². The number of nitriles is 1. The second-order valence-electron chi connectivity index (χ2n) is 4.50. The van der Waals surface area contributed by atoms with Gasteiger partial charge in [-0.05, 0) is 29.1 Å². The smallest absolute Gasteiger partial charge is 0.244 e. The van der Waals surface area contributed by atoms with Crippen molar-refractivity contribution >= 4 is 17.2 Å². The Morgan fingerprint density at radius 3 is 2.90 bits per heavy atom. The minimum atomic E-state index is -0.626. The van der Waals surface area contributed by atoms with Gasteiger partial charge in [0.25, 0.3) is 0 Å². The number of amides is 1. The van der Waals surface area contributed by atoms with Crippen molar-refractivity contribution in [2.24, 2.45) is 5.73 Å². The zero-order valence-electron chi connectivity index (χ0n) is 11.1. The van der Waals surface area contributed by atoms with Crippen LogP contribution in [0.5, 0.6) is 0 Å². The molecule has 1 amide bonds. The van der Waals surface area contributed by atoms with Crippen molar-refractivity contribution in [2.45, 2.75) is 12.6 Å². The Kier molecular flexibility index (Phi) is 4.51. The van der Waals surface area contributed by atoms with Crippen LogP contribution in [0.4, 0.5) is 0 Å². The van der Waals surface area contributed by atoms with Gasteiger partial charge in [-0.3, -0.25) is 4.79 Å². The zero-order chi connectivity index (χ0) is 14.5. The Morgan fingerprint density at radius 1 is 1.45 bits per heavy atom. The maximum Gasteiger partial charge on any atom is 0.244 e. The van der Waals surface area contributed by atoms with Crippen LogP contribution in [0.1, 0.15) is 22.0 Å². The third-order valence-electron chi connectivity index (χ3n) is 2.97. The molecule has 1 aromatic heterocycles. The molecule has 5 heteroatoms. The molecule has 4 nitrogen and oxygen atoms in total. The molecule has 0 bridgehead atoms. The van der Waals surface area contributed by atoms with E-state index in [1.807, 2.05) is 29.6 Å². The van der Waals surface area contributed by atoms with E-state index >= 15 is 0 Å². The van der Waals surface area contributed by atoms with Crippen LogP contribution in [0.3, 0.4) is 0 Å². The molecule has 0 fully saturated rings. The van der Waals surface area contributed by atoms with Gasteiger partial charge in [-0.1, -0.05) is 18.2 Å². The van der Waals surface area contributed by atoms with Crippen LogP contribution in [0.2, 0.25) is 0 Å². The first-order valence-electron chi connectivity index (χ1n) is 6.15. The number of nitrogens with two attached hydrogens (primary N) is 1. The maximum absolute atomic E-state index is 12.2. The molecule has 0 aliphatic rings. The van der Waals surface area contributed by atoms with Gasteiger partial charge in [0.2, 0.25) is 5.91 Å². The standard InChI is InChI=1S/C15H15N3OS/c1-18(10-12-5-2-4-11(8-12)9-16)15(19)14(17)13-6-3-7-20-13/h2-8,14H,10,17H2,1H3. The lowest BCUT2D eigenvalue weighted by Gasteiger charge is -2.20. The highest BCUT2D eigenvalue weighted by Gasteiger charge is 2.20. The topological polar surface area (TPSA) is 70.1 Å². The number of carbonyl (C=O) groups is 1. The molecule has 1 atom stereocenters. The molecule has 2 rings (SSSR count). The van der Waals surface area contributed by atoms with Gasteiger partial charge < -0.3 is 10.6 Å². The second kappa shape index (κ2) is 6.33. The lowest BCUT2D eigenvalue weighted by Crippen LogP contribution is -2.35. The largest absolute Gasteiger partial charge is 0.340 e. The van der Waals surface area contributed by atoms with Crippen molar-refractivity contribution in [3.8, 4) is 6.07 Å². The lowest BCUT2D eigenvalue weighted by molar-refractivity contribution is -0.131. The Balaban J connectivity index is 2.06. The van der Waals surface area contributed by atoms with Crippen LogP contribution < -0.4 is 5.73 Å². The molecule has 102 valence electrons. The number of thiophene rings is 1. The summed E-state index contributed by atoms with van der Waals surface area (Å²) < 4.78 is 0. The molecule has 0 aliphatic carbocycles. The fourth-order valence-electron chi connectivity index (χ4n) is 1.92. The van der Waals surface area contributed by atoms with Crippen LogP contribution in [0.15, 0.2) is 41.8 Å². The summed E-state index contributed by atoms with van der Waals surface area (Å²) in [6.45, 7) is 0.438. The summed E-state index contributed by atoms with van der Waals surface area (Å²) >= 11 is 1.47. The Bertz CT molecular complexity index is 631. The Morgan fingerprint density at radius 2 is 2.25 bits per heavy atom. The number of hydrogen-bond acceptors (Lipinski definition) is 4. The first-order chi connectivity index (χ1) is 9.61. The van der Waals surface area contributed by atoms with Crippen molar-refractivity contribution in [3.63, 3.8) is 0 Å². The normalized spacial score (nSPS) is 11.7. The summed E-state index contributed by atoms with van der Waals surface area (Å²) in [4.78, 5) is 14.7. The van der Waals surface area contributed by atoms with Gasteiger partial charge in [0.05, 0.1) is 11.6 Å². The van der Waals surface area contributed by atoms with Gasteiger partial charge >= 0.3 is 0 Å². The molecule has 1 aromatic carbocycles. The zero-order valence-corrected chi connectivity index (χ0v) is 11.9. The van der Waals surface area contributed by atoms with Crippen LogP contribution in [0.25, 0.3) is 0 Å². The predicted octanol–water partition coefficient (Wildman–Crippen LogP) is 2.28. The monoisotopic (exact) mass is 285 g/mol. The van der Waals surface area contributed by atoms with E-state index in [-0.39, 0.29) is 5.91 Å². The number of likely N-dealkylation sites (N-methyl/N-ethyl adjacent to an activating group) is 1. The van der Waals surface area contributed by atoms with E-state index in [4.69, 9.17) is 11.0 Å². The maximum atomic E-state index is 12.2. The summed E-state index contributed by atoms with van der Waals surface area (Å²) in [5.74, 6) is -0.130. The van der Waals surface area contributed by atoms with E-state index in [1.165, 1.54) is 11.3 Å². The number of carbonyl (C=O) groups excluding carboxylic acids is 1. The van der Waals surface area contributed by atoms with E-state index in [1.54, 1.807) is 24.1 Å². The molecule has 20 heavy (non-hydrogen) atoms. The van der Waals surface area contributed by atoms with Crippen molar-refractivity contribution in [1.29, 1.82) is 5.26 Å². The van der Waals surface area contributed by atoms with Crippen LogP contribution >= 0.6 is 11.3 Å². The van der Waals surface area contributed by atoms with Crippen LogP contribution in [-0.2, 0) is 11.3 Å². The number of nitrogens with zero attached hydrogens (tertiary/aromatic N) is 2. The first-order valence-corrected chi connectivity index (χ1v) is 7.03. The van der Waals surface area contributed by atoms with Gasteiger partial charge in [-0.2, -0.15) is 5.26 Å². The number of rotatable bonds is 4. The Hall–Kier alpha value is -2.16. The predicted molar refractivity (Wildman–Crippen MR) is 78.9 cm³/mol. The van der Waals surface area contributed by atoms with Gasteiger partial charge in [-0.25, -0.2) is 0 Å². The molecule has 0 saturated carbocycles. The highest BCUT2D eigenvalue weighted by molar-refractivity contribution is 7.10. The molecule has 2 N–H and O–H groups in total. The average Bonchev–Trinajstić information content (AvgIpc) is 3.00. The van der Waals surface area contributed by atoms with E-state index < -0.39 is 6.04 Å². The Labute approximate surface area is 122 Å². The summed E-state index contributed by atoms with van der Waals surface area (Å²) in [5.41, 5.74) is 7.46. The quantitative estimate of drug-likeness (QED) is 0.937. The molecular weight excluding hydrogens is 270 g/mol. The molecule has 0 aliphatic heterocycles. The van der Waals surface area contributed by atoms with Crippen molar-refractivity contribution in [1.82, 2.24) is 4.90 Å². The fourth-order valence-corrected chi connectivity index (χ4v) is 2.64. The van der Waals surface area contributed by atoms with Gasteiger partial charge in [0, 0.05) is 18.5 Å². The number of benzene rings is 1. The highest BCUT2D eigenvalue weighted by Crippen LogP contribution is 2.19. The second-order valence-corrected chi connectivity index (χ2v) is 5.48. The van der Waals surface area contributed by atoms with E-state index in [2.05, 4.69) is 6.07 Å². The lowest BCUT2D eigenvalue weighted by atomic mass is 10.1. The SMILES string of the molecule is CN(Cc1cccc(C#N)c1)C(=O)C(N)c1cccs1. The summed E-state index contributed by atoms with van der Waals surface area (Å²) in [7, 11) is 1.72. The third-order valence-corrected chi connectivity index (χ3v) is 3.92. The molecule has 1 unspecified atom stereocenters. The highest BCUT2D eigenvalue weighted by atomic mass is 32.1. The summed E-state index contributed by atoms with van der Waals surface area (Å²) in [6.07, 6.45) is 0. The molecule has 1 heterocycles. The average molecular weight is 285 g/mol.